The molecule has 0 aliphatic heterocycles. The summed E-state index contributed by atoms with van der Waals surface area (Å²) in [5.41, 5.74) is 3.60. The lowest BCUT2D eigenvalue weighted by atomic mass is 9.84. The third-order valence-electron chi connectivity index (χ3n) is 6.34. The van der Waals surface area contributed by atoms with Crippen LogP contribution < -0.4 is 16.0 Å². The predicted molar refractivity (Wildman–Crippen MR) is 159 cm³/mol. The fourth-order valence-electron chi connectivity index (χ4n) is 4.45. The molecule has 0 aliphatic rings. The molecule has 40 heavy (non-hydrogen) atoms. The van der Waals surface area contributed by atoms with Crippen LogP contribution in [-0.2, 0) is 14.4 Å². The summed E-state index contributed by atoms with van der Waals surface area (Å²) < 4.78 is 0. The molecule has 0 aromatic heterocycles. The minimum atomic E-state index is -0.929. The van der Waals surface area contributed by atoms with E-state index in [1.165, 1.54) is 0 Å². The van der Waals surface area contributed by atoms with Gasteiger partial charge >= 0.3 is 0 Å². The number of amides is 3. The lowest BCUT2D eigenvalue weighted by Crippen LogP contribution is -2.46. The van der Waals surface area contributed by atoms with E-state index in [-0.39, 0.29) is 18.2 Å². The lowest BCUT2D eigenvalue weighted by molar-refractivity contribution is -0.124. The van der Waals surface area contributed by atoms with Gasteiger partial charge in [0, 0.05) is 30.3 Å². The van der Waals surface area contributed by atoms with Gasteiger partial charge in [-0.25, -0.2) is 0 Å². The molecule has 3 aromatic rings. The Morgan fingerprint density at radius 1 is 0.825 bits per heavy atom. The second kappa shape index (κ2) is 16.0. The summed E-state index contributed by atoms with van der Waals surface area (Å²) in [6, 6.07) is 32.7. The van der Waals surface area contributed by atoms with Crippen molar-refractivity contribution in [3.63, 3.8) is 0 Å². The molecule has 6 heteroatoms. The standard InChI is InChI=1S/C34H33N3O3/c1-3-5-15-26(4-2)30(27-16-9-6-10-17-27)24-31(39)35-22-23-36-34(40)33(37-25-38)32(28-18-11-7-12-19-28)29-20-13-8-14-21-29/h3-21,25,30,32-33H,2,24H2,1H3,(H,35,39)(H,36,40)(H,37,38)/b5-3-,26-15+. The van der Waals surface area contributed by atoms with Crippen LogP contribution in [0, 0.1) is 12.1 Å². The van der Waals surface area contributed by atoms with E-state index in [4.69, 9.17) is 0 Å². The van der Waals surface area contributed by atoms with Crippen LogP contribution >= 0.6 is 0 Å². The highest BCUT2D eigenvalue weighted by Gasteiger charge is 2.30. The number of hydrogen-bond acceptors (Lipinski definition) is 3. The van der Waals surface area contributed by atoms with E-state index in [0.717, 1.165) is 22.3 Å². The van der Waals surface area contributed by atoms with E-state index in [9.17, 15) is 14.4 Å². The molecule has 0 radical (unpaired) electrons. The average Bonchev–Trinajstić information content (AvgIpc) is 3.00. The molecular weight excluding hydrogens is 498 g/mol. The van der Waals surface area contributed by atoms with Crippen LogP contribution in [0.2, 0.25) is 0 Å². The molecule has 2 unspecified atom stereocenters. The van der Waals surface area contributed by atoms with Crippen molar-refractivity contribution in [2.75, 3.05) is 0 Å². The minimum Gasteiger partial charge on any atom is -0.346 e. The van der Waals surface area contributed by atoms with E-state index in [0.29, 0.717) is 6.41 Å². The van der Waals surface area contributed by atoms with Crippen LogP contribution in [0.3, 0.4) is 0 Å². The predicted octanol–water partition coefficient (Wildman–Crippen LogP) is 4.95. The van der Waals surface area contributed by atoms with Crippen molar-refractivity contribution < 1.29 is 14.4 Å². The number of carbonyl (C=O) groups is 3. The highest BCUT2D eigenvalue weighted by molar-refractivity contribution is 5.87. The van der Waals surface area contributed by atoms with Gasteiger partial charge in [0.15, 0.2) is 0 Å². The van der Waals surface area contributed by atoms with E-state index in [2.05, 4.69) is 34.6 Å². The van der Waals surface area contributed by atoms with Gasteiger partial charge in [-0.2, -0.15) is 0 Å². The third-order valence-corrected chi connectivity index (χ3v) is 6.34. The van der Waals surface area contributed by atoms with Gasteiger partial charge < -0.3 is 5.32 Å². The molecule has 0 spiro atoms. The Labute approximate surface area is 235 Å². The number of rotatable bonds is 12. The topological polar surface area (TPSA) is 87.3 Å². The Bertz CT molecular complexity index is 1350. The lowest BCUT2D eigenvalue weighted by Gasteiger charge is -2.26. The maximum atomic E-state index is 13.2. The fraction of sp³-hybridized carbons (Fsp3) is 0.147. The highest BCUT2D eigenvalue weighted by atomic mass is 16.2. The Balaban J connectivity index is 1.73. The van der Waals surface area contributed by atoms with Gasteiger partial charge in [0.25, 0.3) is 5.91 Å². The summed E-state index contributed by atoms with van der Waals surface area (Å²) in [6.45, 7) is 5.83. The smallest absolute Gasteiger partial charge is 0.255 e. The van der Waals surface area contributed by atoms with Gasteiger partial charge in [-0.15, -0.1) is 0 Å². The van der Waals surface area contributed by atoms with Crippen LogP contribution in [0.5, 0.6) is 0 Å². The summed E-state index contributed by atoms with van der Waals surface area (Å²) in [5.74, 6) is -1.48. The molecule has 6 nitrogen and oxygen atoms in total. The molecular formula is C34H33N3O3. The SMILES string of the molecule is C=C/C(=C\C=C/C)C(CC(=O)NC#CNC(=O)C(NC=O)C(c1ccccc1)c1ccccc1)c1ccccc1. The number of benzene rings is 3. The fourth-order valence-corrected chi connectivity index (χ4v) is 4.45. The molecule has 0 heterocycles. The summed E-state index contributed by atoms with van der Waals surface area (Å²) in [5, 5.41) is 7.71. The van der Waals surface area contributed by atoms with Crippen molar-refractivity contribution in [3.8, 4) is 12.1 Å². The van der Waals surface area contributed by atoms with Crippen molar-refractivity contribution in [2.45, 2.75) is 31.2 Å². The Kier molecular flexibility index (Phi) is 11.7. The molecule has 3 amide bonds. The van der Waals surface area contributed by atoms with Crippen LogP contribution in [-0.4, -0.2) is 24.3 Å². The molecule has 0 bridgehead atoms. The second-order valence-corrected chi connectivity index (χ2v) is 8.91. The molecule has 0 saturated carbocycles. The van der Waals surface area contributed by atoms with Crippen LogP contribution in [0.25, 0.3) is 0 Å². The monoisotopic (exact) mass is 531 g/mol. The van der Waals surface area contributed by atoms with Gasteiger partial charge in [-0.3, -0.25) is 25.0 Å². The Morgan fingerprint density at radius 3 is 1.85 bits per heavy atom. The molecule has 2 atom stereocenters. The maximum Gasteiger partial charge on any atom is 0.255 e. The molecule has 3 N–H and O–H groups in total. The molecule has 0 saturated heterocycles. The summed E-state index contributed by atoms with van der Waals surface area (Å²) in [4.78, 5) is 37.5. The van der Waals surface area contributed by atoms with E-state index in [1.54, 1.807) is 6.08 Å². The van der Waals surface area contributed by atoms with Gasteiger partial charge in [0.2, 0.25) is 12.3 Å². The number of nitrogens with one attached hydrogen (secondary N) is 3. The van der Waals surface area contributed by atoms with Crippen LogP contribution in [0.4, 0.5) is 0 Å². The molecule has 0 aliphatic carbocycles. The van der Waals surface area contributed by atoms with Gasteiger partial charge in [0.1, 0.15) is 6.04 Å². The van der Waals surface area contributed by atoms with Gasteiger partial charge in [-0.05, 0) is 29.2 Å². The molecule has 202 valence electrons. The normalized spacial score (nSPS) is 12.5. The van der Waals surface area contributed by atoms with Crippen molar-refractivity contribution in [3.05, 3.63) is 144 Å². The third kappa shape index (κ3) is 8.44. The summed E-state index contributed by atoms with van der Waals surface area (Å²) >= 11 is 0. The first-order valence-corrected chi connectivity index (χ1v) is 13.0. The first kappa shape index (κ1) is 29.4. The first-order valence-electron chi connectivity index (χ1n) is 13.0. The summed E-state index contributed by atoms with van der Waals surface area (Å²) in [6.07, 6.45) is 8.13. The molecule has 0 fully saturated rings. The van der Waals surface area contributed by atoms with Gasteiger partial charge in [0.05, 0.1) is 0 Å². The van der Waals surface area contributed by atoms with Crippen LogP contribution in [0.1, 0.15) is 41.9 Å². The molecule has 3 aromatic carbocycles. The zero-order valence-electron chi connectivity index (χ0n) is 22.4. The number of carbonyl (C=O) groups excluding carboxylic acids is 3. The van der Waals surface area contributed by atoms with Crippen molar-refractivity contribution in [1.29, 1.82) is 0 Å². The Morgan fingerprint density at radius 2 is 1.35 bits per heavy atom. The first-order chi connectivity index (χ1) is 19.6. The van der Waals surface area contributed by atoms with Gasteiger partial charge in [-0.1, -0.05) is 122 Å². The zero-order chi connectivity index (χ0) is 28.6. The van der Waals surface area contributed by atoms with E-state index >= 15 is 0 Å². The van der Waals surface area contributed by atoms with Crippen molar-refractivity contribution >= 4 is 18.2 Å². The van der Waals surface area contributed by atoms with Crippen LogP contribution in [0.15, 0.2) is 127 Å². The van der Waals surface area contributed by atoms with Crippen molar-refractivity contribution in [2.24, 2.45) is 0 Å². The maximum absolute atomic E-state index is 13.2. The average molecular weight is 532 g/mol. The van der Waals surface area contributed by atoms with Crippen molar-refractivity contribution in [1.82, 2.24) is 16.0 Å². The number of hydrogen-bond donors (Lipinski definition) is 3. The number of allylic oxidation sites excluding steroid dienone is 5. The van der Waals surface area contributed by atoms with E-state index < -0.39 is 17.9 Å². The quantitative estimate of drug-likeness (QED) is 0.134. The largest absolute Gasteiger partial charge is 0.346 e. The van der Waals surface area contributed by atoms with E-state index in [1.807, 2.05) is 116 Å². The molecule has 3 rings (SSSR count). The Hall–Kier alpha value is -5.15. The highest BCUT2D eigenvalue weighted by Crippen LogP contribution is 2.29. The minimum absolute atomic E-state index is 0.140. The second-order valence-electron chi connectivity index (χ2n) is 8.91. The summed E-state index contributed by atoms with van der Waals surface area (Å²) in [7, 11) is 0. The zero-order valence-corrected chi connectivity index (χ0v) is 22.4.